The molecular weight excluding hydrogens is 320 g/mol. The minimum Gasteiger partial charge on any atom is -0.370 e. The van der Waals surface area contributed by atoms with Gasteiger partial charge in [0.15, 0.2) is 0 Å². The van der Waals surface area contributed by atoms with Gasteiger partial charge in [0.05, 0.1) is 5.69 Å². The summed E-state index contributed by atoms with van der Waals surface area (Å²) in [4.78, 5) is 2.49. The van der Waals surface area contributed by atoms with Gasteiger partial charge in [-0.1, -0.05) is 13.0 Å². The van der Waals surface area contributed by atoms with Crippen LogP contribution in [0.3, 0.4) is 0 Å². The number of anilines is 1. The van der Waals surface area contributed by atoms with Gasteiger partial charge in [-0.3, -0.25) is 0 Å². The molecule has 0 amide bonds. The van der Waals surface area contributed by atoms with E-state index in [0.29, 0.717) is 0 Å². The van der Waals surface area contributed by atoms with Gasteiger partial charge in [0.2, 0.25) is 0 Å². The van der Waals surface area contributed by atoms with Crippen molar-refractivity contribution in [3.63, 3.8) is 0 Å². The van der Waals surface area contributed by atoms with Crippen LogP contribution in [-0.2, 0) is 6.42 Å². The van der Waals surface area contributed by atoms with Gasteiger partial charge in [-0.2, -0.15) is 11.8 Å². The summed E-state index contributed by atoms with van der Waals surface area (Å²) in [6.45, 7) is 4.46. The maximum atomic E-state index is 6.03. The van der Waals surface area contributed by atoms with Crippen LogP contribution in [0.1, 0.15) is 25.3 Å². The van der Waals surface area contributed by atoms with Crippen LogP contribution in [0, 0.1) is 0 Å². The van der Waals surface area contributed by atoms with Crippen molar-refractivity contribution in [2.75, 3.05) is 29.5 Å². The molecular formula is C15H23BrN2S. The Morgan fingerprint density at radius 3 is 2.95 bits per heavy atom. The van der Waals surface area contributed by atoms with E-state index in [1.807, 2.05) is 0 Å². The fraction of sp³-hybridized carbons (Fsp3) is 0.600. The average molecular weight is 343 g/mol. The van der Waals surface area contributed by atoms with E-state index >= 15 is 0 Å². The SMILES string of the molecule is CCC(N)Cc1ccc(N2CCCSCC2)c(Br)c1. The van der Waals surface area contributed by atoms with Crippen molar-refractivity contribution >= 4 is 33.4 Å². The van der Waals surface area contributed by atoms with Gasteiger partial charge in [-0.05, 0) is 58.6 Å². The topological polar surface area (TPSA) is 29.3 Å². The van der Waals surface area contributed by atoms with Gasteiger partial charge < -0.3 is 10.6 Å². The quantitative estimate of drug-likeness (QED) is 0.904. The third-order valence-corrected chi connectivity index (χ3v) is 5.28. The van der Waals surface area contributed by atoms with Gasteiger partial charge in [0.25, 0.3) is 0 Å². The Labute approximate surface area is 129 Å². The van der Waals surface area contributed by atoms with E-state index < -0.39 is 0 Å². The Kier molecular flexibility index (Phi) is 6.05. The molecule has 1 saturated heterocycles. The van der Waals surface area contributed by atoms with Crippen molar-refractivity contribution in [1.82, 2.24) is 0 Å². The van der Waals surface area contributed by atoms with Gasteiger partial charge in [0.1, 0.15) is 0 Å². The lowest BCUT2D eigenvalue weighted by atomic mass is 10.0. The Bertz CT molecular complexity index is 403. The lowest BCUT2D eigenvalue weighted by Gasteiger charge is -2.24. The summed E-state index contributed by atoms with van der Waals surface area (Å²) in [5.74, 6) is 2.52. The van der Waals surface area contributed by atoms with E-state index in [2.05, 4.69) is 57.7 Å². The second-order valence-corrected chi connectivity index (χ2v) is 7.19. The zero-order valence-electron chi connectivity index (χ0n) is 11.6. The summed E-state index contributed by atoms with van der Waals surface area (Å²) in [6, 6.07) is 6.99. The first-order valence-corrected chi connectivity index (χ1v) is 9.02. The first kappa shape index (κ1) is 15.2. The van der Waals surface area contributed by atoms with Crippen LogP contribution in [0.15, 0.2) is 22.7 Å². The summed E-state index contributed by atoms with van der Waals surface area (Å²) in [7, 11) is 0. The zero-order valence-corrected chi connectivity index (χ0v) is 14.0. The third-order valence-electron chi connectivity index (χ3n) is 3.60. The molecule has 1 aromatic carbocycles. The molecule has 2 N–H and O–H groups in total. The molecule has 1 unspecified atom stereocenters. The number of hydrogen-bond acceptors (Lipinski definition) is 3. The zero-order chi connectivity index (χ0) is 13.7. The van der Waals surface area contributed by atoms with Crippen LogP contribution in [0.2, 0.25) is 0 Å². The minimum atomic E-state index is 0.271. The number of thioether (sulfide) groups is 1. The minimum absolute atomic E-state index is 0.271. The smallest absolute Gasteiger partial charge is 0.0511 e. The lowest BCUT2D eigenvalue weighted by molar-refractivity contribution is 0.646. The molecule has 1 aromatic rings. The number of nitrogens with zero attached hydrogens (tertiary/aromatic N) is 1. The third kappa shape index (κ3) is 4.40. The number of halogens is 1. The predicted octanol–water partition coefficient (Wildman–Crippen LogP) is 3.67. The molecule has 1 aliphatic heterocycles. The molecule has 0 saturated carbocycles. The van der Waals surface area contributed by atoms with Crippen molar-refractivity contribution in [2.24, 2.45) is 5.73 Å². The number of benzene rings is 1. The molecule has 4 heteroatoms. The van der Waals surface area contributed by atoms with E-state index in [1.54, 1.807) is 0 Å². The summed E-state index contributed by atoms with van der Waals surface area (Å²) < 4.78 is 1.21. The first-order valence-electron chi connectivity index (χ1n) is 7.07. The molecule has 0 bridgehead atoms. The standard InChI is InChI=1S/C15H23BrN2S/c1-2-13(17)10-12-4-5-15(14(16)11-12)18-6-3-8-19-9-7-18/h4-5,11,13H,2-3,6-10,17H2,1H3. The van der Waals surface area contributed by atoms with E-state index in [4.69, 9.17) is 5.73 Å². The Morgan fingerprint density at radius 2 is 2.21 bits per heavy atom. The van der Waals surface area contributed by atoms with E-state index in [-0.39, 0.29) is 6.04 Å². The molecule has 106 valence electrons. The van der Waals surface area contributed by atoms with E-state index in [1.165, 1.54) is 40.2 Å². The van der Waals surface area contributed by atoms with Crippen molar-refractivity contribution in [2.45, 2.75) is 32.2 Å². The second-order valence-electron chi connectivity index (χ2n) is 5.11. The van der Waals surface area contributed by atoms with E-state index in [9.17, 15) is 0 Å². The Hall–Kier alpha value is -0.190. The van der Waals surface area contributed by atoms with Crippen LogP contribution in [-0.4, -0.2) is 30.6 Å². The summed E-state index contributed by atoms with van der Waals surface area (Å²) in [5.41, 5.74) is 8.69. The fourth-order valence-corrected chi connectivity index (χ4v) is 3.93. The number of nitrogens with two attached hydrogens (primary N) is 1. The molecule has 0 aromatic heterocycles. The molecule has 1 aliphatic rings. The van der Waals surface area contributed by atoms with Gasteiger partial charge in [-0.25, -0.2) is 0 Å². The second kappa shape index (κ2) is 7.55. The van der Waals surface area contributed by atoms with E-state index in [0.717, 1.165) is 19.4 Å². The van der Waals surface area contributed by atoms with Crippen molar-refractivity contribution in [3.05, 3.63) is 28.2 Å². The molecule has 0 spiro atoms. The molecule has 1 heterocycles. The molecule has 19 heavy (non-hydrogen) atoms. The molecule has 2 rings (SSSR count). The molecule has 0 radical (unpaired) electrons. The maximum Gasteiger partial charge on any atom is 0.0511 e. The molecule has 1 atom stereocenters. The van der Waals surface area contributed by atoms with Crippen LogP contribution in [0.4, 0.5) is 5.69 Å². The predicted molar refractivity (Wildman–Crippen MR) is 90.3 cm³/mol. The van der Waals surface area contributed by atoms with Crippen LogP contribution >= 0.6 is 27.7 Å². The highest BCUT2D eigenvalue weighted by atomic mass is 79.9. The largest absolute Gasteiger partial charge is 0.370 e. The maximum absolute atomic E-state index is 6.03. The average Bonchev–Trinajstić information content (AvgIpc) is 2.67. The molecule has 2 nitrogen and oxygen atoms in total. The highest BCUT2D eigenvalue weighted by molar-refractivity contribution is 9.10. The van der Waals surface area contributed by atoms with Gasteiger partial charge in [-0.15, -0.1) is 0 Å². The fourth-order valence-electron chi connectivity index (χ4n) is 2.37. The highest BCUT2D eigenvalue weighted by Crippen LogP contribution is 2.29. The van der Waals surface area contributed by atoms with Crippen molar-refractivity contribution in [1.29, 1.82) is 0 Å². The van der Waals surface area contributed by atoms with Crippen molar-refractivity contribution in [3.8, 4) is 0 Å². The first-order chi connectivity index (χ1) is 9.20. The van der Waals surface area contributed by atoms with Crippen LogP contribution in [0.5, 0.6) is 0 Å². The lowest BCUT2D eigenvalue weighted by Crippen LogP contribution is -2.26. The highest BCUT2D eigenvalue weighted by Gasteiger charge is 2.13. The summed E-state index contributed by atoms with van der Waals surface area (Å²) in [6.07, 6.45) is 3.27. The van der Waals surface area contributed by atoms with Gasteiger partial charge >= 0.3 is 0 Å². The molecule has 0 aliphatic carbocycles. The summed E-state index contributed by atoms with van der Waals surface area (Å²) >= 11 is 5.79. The molecule has 1 fully saturated rings. The Balaban J connectivity index is 2.09. The van der Waals surface area contributed by atoms with Crippen LogP contribution < -0.4 is 10.6 Å². The monoisotopic (exact) mass is 342 g/mol. The normalized spacial score (nSPS) is 18.2. The van der Waals surface area contributed by atoms with Gasteiger partial charge in [0, 0.05) is 29.4 Å². The Morgan fingerprint density at radius 1 is 1.37 bits per heavy atom. The number of rotatable bonds is 4. The number of hydrogen-bond donors (Lipinski definition) is 1. The van der Waals surface area contributed by atoms with Crippen molar-refractivity contribution < 1.29 is 0 Å². The van der Waals surface area contributed by atoms with Crippen LogP contribution in [0.25, 0.3) is 0 Å². The summed E-state index contributed by atoms with van der Waals surface area (Å²) in [5, 5.41) is 0.